The standard InChI is InChI=1S/C21H19N3O3S/c25-18(23-21-22-16-10-5-6-11-17(16)28-21)12-2-1-7-13-24-19(26)14-8-3-4-9-15(14)20(24)27/h3-6,8-11H,1-2,7,12-13H2,(H,22,23,25). The van der Waals surface area contributed by atoms with Crippen LogP contribution in [0.2, 0.25) is 0 Å². The second-order valence-corrected chi connectivity index (χ2v) is 7.68. The Morgan fingerprint density at radius 3 is 2.32 bits per heavy atom. The van der Waals surface area contributed by atoms with Gasteiger partial charge in [-0.2, -0.15) is 0 Å². The highest BCUT2D eigenvalue weighted by Crippen LogP contribution is 2.26. The van der Waals surface area contributed by atoms with Gasteiger partial charge in [0.15, 0.2) is 5.13 Å². The van der Waals surface area contributed by atoms with E-state index in [2.05, 4.69) is 10.3 Å². The number of carbonyl (C=O) groups excluding carboxylic acids is 3. The van der Waals surface area contributed by atoms with Crippen molar-refractivity contribution in [2.75, 3.05) is 11.9 Å². The maximum atomic E-state index is 12.3. The van der Waals surface area contributed by atoms with Crippen molar-refractivity contribution in [1.82, 2.24) is 9.88 Å². The van der Waals surface area contributed by atoms with Crippen molar-refractivity contribution in [3.63, 3.8) is 0 Å². The van der Waals surface area contributed by atoms with Crippen molar-refractivity contribution in [3.8, 4) is 0 Å². The lowest BCUT2D eigenvalue weighted by molar-refractivity contribution is -0.116. The van der Waals surface area contributed by atoms with Gasteiger partial charge in [0.05, 0.1) is 21.3 Å². The summed E-state index contributed by atoms with van der Waals surface area (Å²) in [5, 5.41) is 3.45. The first kappa shape index (κ1) is 18.3. The van der Waals surface area contributed by atoms with Crippen LogP contribution in [0, 0.1) is 0 Å². The molecule has 3 aromatic rings. The fourth-order valence-corrected chi connectivity index (χ4v) is 4.16. The Morgan fingerprint density at radius 2 is 1.61 bits per heavy atom. The summed E-state index contributed by atoms with van der Waals surface area (Å²) < 4.78 is 1.04. The average molecular weight is 393 g/mol. The number of amides is 3. The molecule has 142 valence electrons. The number of unbranched alkanes of at least 4 members (excludes halogenated alkanes) is 2. The minimum atomic E-state index is -0.228. The monoisotopic (exact) mass is 393 g/mol. The third kappa shape index (κ3) is 3.66. The maximum absolute atomic E-state index is 12.3. The molecule has 1 N–H and O–H groups in total. The largest absolute Gasteiger partial charge is 0.302 e. The molecule has 28 heavy (non-hydrogen) atoms. The summed E-state index contributed by atoms with van der Waals surface area (Å²) in [6, 6.07) is 14.6. The van der Waals surface area contributed by atoms with Gasteiger partial charge in [-0.05, 0) is 37.1 Å². The van der Waals surface area contributed by atoms with Crippen LogP contribution in [-0.4, -0.2) is 34.2 Å². The lowest BCUT2D eigenvalue weighted by Gasteiger charge is -2.13. The predicted octanol–water partition coefficient (Wildman–Crippen LogP) is 4.09. The number of hydrogen-bond donors (Lipinski definition) is 1. The van der Waals surface area contributed by atoms with E-state index in [0.717, 1.165) is 16.6 Å². The molecule has 3 amide bonds. The highest BCUT2D eigenvalue weighted by molar-refractivity contribution is 7.22. The van der Waals surface area contributed by atoms with E-state index in [9.17, 15) is 14.4 Å². The summed E-state index contributed by atoms with van der Waals surface area (Å²) in [5.74, 6) is -0.525. The molecule has 6 nitrogen and oxygen atoms in total. The molecule has 2 aromatic carbocycles. The van der Waals surface area contributed by atoms with E-state index in [-0.39, 0.29) is 17.7 Å². The number of benzene rings is 2. The molecular weight excluding hydrogens is 374 g/mol. The van der Waals surface area contributed by atoms with Gasteiger partial charge in [0.25, 0.3) is 11.8 Å². The zero-order valence-corrected chi connectivity index (χ0v) is 16.0. The van der Waals surface area contributed by atoms with E-state index in [4.69, 9.17) is 0 Å². The normalized spacial score (nSPS) is 13.2. The molecule has 0 saturated carbocycles. The molecule has 0 unspecified atom stereocenters. The summed E-state index contributed by atoms with van der Waals surface area (Å²) in [4.78, 5) is 42.4. The van der Waals surface area contributed by atoms with Gasteiger partial charge in [0.1, 0.15) is 0 Å². The fraction of sp³-hybridized carbons (Fsp3) is 0.238. The van der Waals surface area contributed by atoms with E-state index in [0.29, 0.717) is 42.1 Å². The Hall–Kier alpha value is -3.06. The highest BCUT2D eigenvalue weighted by atomic mass is 32.1. The van der Waals surface area contributed by atoms with Crippen molar-refractivity contribution in [2.24, 2.45) is 0 Å². The van der Waals surface area contributed by atoms with E-state index < -0.39 is 0 Å². The van der Waals surface area contributed by atoms with Crippen LogP contribution in [-0.2, 0) is 4.79 Å². The zero-order valence-electron chi connectivity index (χ0n) is 15.2. The third-order valence-electron chi connectivity index (χ3n) is 4.70. The molecule has 2 heterocycles. The molecule has 0 fully saturated rings. The lowest BCUT2D eigenvalue weighted by atomic mass is 10.1. The number of imide groups is 1. The van der Waals surface area contributed by atoms with Gasteiger partial charge in [-0.15, -0.1) is 0 Å². The number of hydrogen-bond acceptors (Lipinski definition) is 5. The SMILES string of the molecule is O=C(CCCCCN1C(=O)c2ccccc2C1=O)Nc1nc2ccccc2s1. The van der Waals surface area contributed by atoms with Crippen LogP contribution in [0.3, 0.4) is 0 Å². The Morgan fingerprint density at radius 1 is 0.929 bits per heavy atom. The number of nitrogens with zero attached hydrogens (tertiary/aromatic N) is 2. The molecule has 0 saturated heterocycles. The van der Waals surface area contributed by atoms with Crippen LogP contribution in [0.1, 0.15) is 46.4 Å². The third-order valence-corrected chi connectivity index (χ3v) is 5.66. The van der Waals surface area contributed by atoms with Crippen LogP contribution in [0.25, 0.3) is 10.2 Å². The van der Waals surface area contributed by atoms with E-state index >= 15 is 0 Å². The fourth-order valence-electron chi connectivity index (χ4n) is 3.28. The van der Waals surface area contributed by atoms with Gasteiger partial charge >= 0.3 is 0 Å². The Kier molecular flexibility index (Phi) is 5.16. The number of nitrogens with one attached hydrogen (secondary N) is 1. The molecule has 7 heteroatoms. The summed E-state index contributed by atoms with van der Waals surface area (Å²) in [6.07, 6.45) is 2.53. The quantitative estimate of drug-likeness (QED) is 0.484. The van der Waals surface area contributed by atoms with E-state index in [1.165, 1.54) is 16.2 Å². The van der Waals surface area contributed by atoms with Crippen LogP contribution in [0.4, 0.5) is 5.13 Å². The first-order chi connectivity index (χ1) is 13.6. The molecule has 0 atom stereocenters. The second-order valence-electron chi connectivity index (χ2n) is 6.65. The van der Waals surface area contributed by atoms with Crippen molar-refractivity contribution in [2.45, 2.75) is 25.7 Å². The molecule has 0 bridgehead atoms. The van der Waals surface area contributed by atoms with Gasteiger partial charge in [-0.1, -0.05) is 42.0 Å². The second kappa shape index (κ2) is 7.90. The minimum absolute atomic E-state index is 0.0696. The molecule has 0 aliphatic carbocycles. The van der Waals surface area contributed by atoms with Crippen molar-refractivity contribution in [3.05, 3.63) is 59.7 Å². The number of carbonyl (C=O) groups is 3. The Balaban J connectivity index is 1.20. The van der Waals surface area contributed by atoms with Crippen LogP contribution in [0.5, 0.6) is 0 Å². The molecular formula is C21H19N3O3S. The summed E-state index contributed by atoms with van der Waals surface area (Å²) in [5.41, 5.74) is 1.83. The molecule has 4 rings (SSSR count). The van der Waals surface area contributed by atoms with Crippen molar-refractivity contribution >= 4 is 44.4 Å². The van der Waals surface area contributed by atoms with Gasteiger partial charge in [0, 0.05) is 13.0 Å². The Bertz CT molecular complexity index is 992. The number of aromatic nitrogens is 1. The van der Waals surface area contributed by atoms with Crippen LogP contribution >= 0.6 is 11.3 Å². The first-order valence-electron chi connectivity index (χ1n) is 9.24. The lowest BCUT2D eigenvalue weighted by Crippen LogP contribution is -2.30. The predicted molar refractivity (Wildman–Crippen MR) is 109 cm³/mol. The maximum Gasteiger partial charge on any atom is 0.261 e. The van der Waals surface area contributed by atoms with Crippen molar-refractivity contribution < 1.29 is 14.4 Å². The molecule has 0 radical (unpaired) electrons. The highest BCUT2D eigenvalue weighted by Gasteiger charge is 2.34. The number of anilines is 1. The molecule has 1 aliphatic rings. The summed E-state index contributed by atoms with van der Waals surface area (Å²) in [6.45, 7) is 0.381. The zero-order chi connectivity index (χ0) is 19.5. The van der Waals surface area contributed by atoms with Crippen LogP contribution < -0.4 is 5.32 Å². The smallest absolute Gasteiger partial charge is 0.261 e. The van der Waals surface area contributed by atoms with Crippen LogP contribution in [0.15, 0.2) is 48.5 Å². The average Bonchev–Trinajstić information content (AvgIpc) is 3.21. The molecule has 0 spiro atoms. The summed E-state index contributed by atoms with van der Waals surface area (Å²) in [7, 11) is 0. The van der Waals surface area contributed by atoms with Gasteiger partial charge in [-0.25, -0.2) is 4.98 Å². The first-order valence-corrected chi connectivity index (χ1v) is 10.1. The van der Waals surface area contributed by atoms with Gasteiger partial charge in [0.2, 0.25) is 5.91 Å². The minimum Gasteiger partial charge on any atom is -0.302 e. The number of thiazole rings is 1. The molecule has 1 aromatic heterocycles. The number of para-hydroxylation sites is 1. The Labute approximate surface area is 166 Å². The van der Waals surface area contributed by atoms with Gasteiger partial charge in [-0.3, -0.25) is 19.3 Å². The molecule has 1 aliphatic heterocycles. The topological polar surface area (TPSA) is 79.4 Å². The van der Waals surface area contributed by atoms with Crippen molar-refractivity contribution in [1.29, 1.82) is 0 Å². The van der Waals surface area contributed by atoms with E-state index in [1.54, 1.807) is 24.3 Å². The summed E-state index contributed by atoms with van der Waals surface area (Å²) >= 11 is 1.46. The number of fused-ring (bicyclic) bond motifs is 2. The van der Waals surface area contributed by atoms with Gasteiger partial charge < -0.3 is 5.32 Å². The number of rotatable bonds is 7. The van der Waals surface area contributed by atoms with E-state index in [1.807, 2.05) is 24.3 Å².